The van der Waals surface area contributed by atoms with E-state index in [1.54, 1.807) is 23.4 Å². The molecule has 5 nitrogen and oxygen atoms in total. The normalized spacial score (nSPS) is 19.4. The van der Waals surface area contributed by atoms with Crippen LogP contribution in [-0.4, -0.2) is 52.4 Å². The number of H-pyrrole nitrogens is 1. The molecule has 1 N–H and O–H groups in total. The first-order chi connectivity index (χ1) is 10.6. The van der Waals surface area contributed by atoms with Crippen LogP contribution in [0.1, 0.15) is 27.8 Å². The zero-order valence-electron chi connectivity index (χ0n) is 12.7. The Bertz CT molecular complexity index is 671. The number of aromatic amines is 1. The van der Waals surface area contributed by atoms with Gasteiger partial charge < -0.3 is 9.88 Å². The number of carbonyl (C=O) groups is 1. The highest BCUT2D eigenvalue weighted by Gasteiger charge is 2.30. The van der Waals surface area contributed by atoms with Crippen LogP contribution in [0, 0.1) is 12.7 Å². The van der Waals surface area contributed by atoms with Crippen molar-refractivity contribution in [2.24, 2.45) is 0 Å². The van der Waals surface area contributed by atoms with E-state index in [0.29, 0.717) is 18.7 Å². The topological polar surface area (TPSA) is 52.2 Å². The minimum atomic E-state index is -0.384. The van der Waals surface area contributed by atoms with E-state index in [1.165, 1.54) is 12.1 Å². The molecule has 2 heterocycles. The summed E-state index contributed by atoms with van der Waals surface area (Å²) in [6, 6.07) is 4.36. The molecule has 1 aliphatic rings. The predicted octanol–water partition coefficient (Wildman–Crippen LogP) is 1.99. The predicted molar refractivity (Wildman–Crippen MR) is 81.0 cm³/mol. The molecule has 1 aromatic carbocycles. The molecule has 116 valence electrons. The summed E-state index contributed by atoms with van der Waals surface area (Å²) in [7, 11) is 2.02. The molecule has 1 saturated heterocycles. The van der Waals surface area contributed by atoms with Gasteiger partial charge in [-0.1, -0.05) is 6.07 Å². The van der Waals surface area contributed by atoms with Gasteiger partial charge >= 0.3 is 0 Å². The molecule has 3 rings (SSSR count). The van der Waals surface area contributed by atoms with Crippen LogP contribution in [0.25, 0.3) is 0 Å². The summed E-state index contributed by atoms with van der Waals surface area (Å²) >= 11 is 0. The van der Waals surface area contributed by atoms with Gasteiger partial charge in [-0.25, -0.2) is 9.37 Å². The van der Waals surface area contributed by atoms with E-state index in [-0.39, 0.29) is 17.8 Å². The molecule has 0 aliphatic carbocycles. The number of hydrogen-bond donors (Lipinski definition) is 1. The quantitative estimate of drug-likeness (QED) is 0.923. The molecule has 1 aromatic heterocycles. The fraction of sp³-hybridized carbons (Fsp3) is 0.375. The summed E-state index contributed by atoms with van der Waals surface area (Å²) in [5.41, 5.74) is 1.22. The standard InChI is InChI=1S/C16H19FN4O/c1-11-3-4-12(17)9-13(11)16(22)21-8-7-20(2)14(10-21)15-18-5-6-19-15/h3-6,9,14H,7-8,10H2,1-2H3,(H,18,19)/t14-/m0/s1. The number of nitrogens with zero attached hydrogens (tertiary/aromatic N) is 3. The number of piperazine rings is 1. The average molecular weight is 302 g/mol. The van der Waals surface area contributed by atoms with Gasteiger partial charge in [0.05, 0.1) is 6.04 Å². The monoisotopic (exact) mass is 302 g/mol. The Hall–Kier alpha value is -2.21. The second-order valence-electron chi connectivity index (χ2n) is 5.68. The number of nitrogens with one attached hydrogen (secondary N) is 1. The molecule has 0 bridgehead atoms. The number of hydrogen-bond acceptors (Lipinski definition) is 3. The molecule has 0 spiro atoms. The second kappa shape index (κ2) is 5.88. The lowest BCUT2D eigenvalue weighted by Crippen LogP contribution is -2.49. The number of halogens is 1. The van der Waals surface area contributed by atoms with Gasteiger partial charge in [0.1, 0.15) is 11.6 Å². The fourth-order valence-corrected chi connectivity index (χ4v) is 2.81. The van der Waals surface area contributed by atoms with Gasteiger partial charge in [-0.3, -0.25) is 9.69 Å². The van der Waals surface area contributed by atoms with Gasteiger partial charge in [-0.15, -0.1) is 0 Å². The van der Waals surface area contributed by atoms with Gasteiger partial charge in [0, 0.05) is 37.6 Å². The van der Waals surface area contributed by atoms with E-state index in [1.807, 2.05) is 14.0 Å². The van der Waals surface area contributed by atoms with E-state index >= 15 is 0 Å². The summed E-state index contributed by atoms with van der Waals surface area (Å²) in [4.78, 5) is 24.0. The summed E-state index contributed by atoms with van der Waals surface area (Å²) in [6.45, 7) is 3.75. The van der Waals surface area contributed by atoms with Gasteiger partial charge in [0.2, 0.25) is 0 Å². The highest BCUT2D eigenvalue weighted by atomic mass is 19.1. The van der Waals surface area contributed by atoms with Crippen LogP contribution in [0.4, 0.5) is 4.39 Å². The molecule has 6 heteroatoms. The lowest BCUT2D eigenvalue weighted by atomic mass is 10.1. The fourth-order valence-electron chi connectivity index (χ4n) is 2.81. The number of likely N-dealkylation sites (N-methyl/N-ethyl adjacent to an activating group) is 1. The van der Waals surface area contributed by atoms with Crippen molar-refractivity contribution in [1.29, 1.82) is 0 Å². The number of aryl methyl sites for hydroxylation is 1. The average Bonchev–Trinajstić information content (AvgIpc) is 3.03. The number of benzene rings is 1. The molecule has 2 aromatic rings. The van der Waals surface area contributed by atoms with Crippen LogP contribution < -0.4 is 0 Å². The molecule has 22 heavy (non-hydrogen) atoms. The number of amides is 1. The molecule has 1 amide bonds. The Labute approximate surface area is 128 Å². The van der Waals surface area contributed by atoms with Crippen molar-refractivity contribution in [3.8, 4) is 0 Å². The Balaban J connectivity index is 1.83. The summed E-state index contributed by atoms with van der Waals surface area (Å²) in [5, 5.41) is 0. The zero-order chi connectivity index (χ0) is 15.7. The molecule has 1 atom stereocenters. The number of carbonyl (C=O) groups excluding carboxylic acids is 1. The molecule has 1 aliphatic heterocycles. The minimum Gasteiger partial charge on any atom is -0.347 e. The van der Waals surface area contributed by atoms with Crippen LogP contribution in [-0.2, 0) is 0 Å². The maximum atomic E-state index is 13.4. The molecule has 1 fully saturated rings. The Morgan fingerprint density at radius 1 is 1.41 bits per heavy atom. The maximum Gasteiger partial charge on any atom is 0.254 e. The second-order valence-corrected chi connectivity index (χ2v) is 5.68. The lowest BCUT2D eigenvalue weighted by Gasteiger charge is -2.38. The minimum absolute atomic E-state index is 0.0292. The smallest absolute Gasteiger partial charge is 0.254 e. The van der Waals surface area contributed by atoms with Gasteiger partial charge in [-0.05, 0) is 31.7 Å². The van der Waals surface area contributed by atoms with E-state index in [9.17, 15) is 9.18 Å². The molecule has 0 radical (unpaired) electrons. The van der Waals surface area contributed by atoms with Crippen molar-refractivity contribution in [2.45, 2.75) is 13.0 Å². The molecule has 0 unspecified atom stereocenters. The first kappa shape index (κ1) is 14.7. The highest BCUT2D eigenvalue weighted by Crippen LogP contribution is 2.23. The largest absolute Gasteiger partial charge is 0.347 e. The summed E-state index contributed by atoms with van der Waals surface area (Å²) in [6.07, 6.45) is 3.49. The van der Waals surface area contributed by atoms with Crippen LogP contribution in [0.3, 0.4) is 0 Å². The van der Waals surface area contributed by atoms with E-state index < -0.39 is 0 Å². The maximum absolute atomic E-state index is 13.4. The van der Waals surface area contributed by atoms with Crippen molar-refractivity contribution < 1.29 is 9.18 Å². The van der Waals surface area contributed by atoms with Crippen LogP contribution in [0.2, 0.25) is 0 Å². The van der Waals surface area contributed by atoms with Gasteiger partial charge in [-0.2, -0.15) is 0 Å². The number of aromatic nitrogens is 2. The Kier molecular flexibility index (Phi) is 3.94. The number of imidazole rings is 1. The van der Waals surface area contributed by atoms with Crippen LogP contribution >= 0.6 is 0 Å². The van der Waals surface area contributed by atoms with Gasteiger partial charge in [0.15, 0.2) is 0 Å². The third kappa shape index (κ3) is 2.74. The van der Waals surface area contributed by atoms with Gasteiger partial charge in [0.25, 0.3) is 5.91 Å². The van der Waals surface area contributed by atoms with Crippen LogP contribution in [0.15, 0.2) is 30.6 Å². The first-order valence-electron chi connectivity index (χ1n) is 7.31. The Morgan fingerprint density at radius 3 is 2.95 bits per heavy atom. The van der Waals surface area contributed by atoms with Crippen LogP contribution in [0.5, 0.6) is 0 Å². The van der Waals surface area contributed by atoms with Crippen molar-refractivity contribution in [1.82, 2.24) is 19.8 Å². The van der Waals surface area contributed by atoms with Crippen molar-refractivity contribution in [3.05, 3.63) is 53.4 Å². The van der Waals surface area contributed by atoms with Crippen molar-refractivity contribution >= 4 is 5.91 Å². The molecular weight excluding hydrogens is 283 g/mol. The first-order valence-corrected chi connectivity index (χ1v) is 7.31. The van der Waals surface area contributed by atoms with Crippen molar-refractivity contribution in [2.75, 3.05) is 26.7 Å². The van der Waals surface area contributed by atoms with E-state index in [0.717, 1.165) is 17.9 Å². The zero-order valence-corrected chi connectivity index (χ0v) is 12.7. The van der Waals surface area contributed by atoms with E-state index in [2.05, 4.69) is 14.9 Å². The summed E-state index contributed by atoms with van der Waals surface area (Å²) in [5.74, 6) is 0.336. The third-order valence-corrected chi connectivity index (χ3v) is 4.20. The third-order valence-electron chi connectivity index (χ3n) is 4.20. The highest BCUT2D eigenvalue weighted by molar-refractivity contribution is 5.95. The van der Waals surface area contributed by atoms with E-state index in [4.69, 9.17) is 0 Å². The lowest BCUT2D eigenvalue weighted by molar-refractivity contribution is 0.0533. The molecule has 0 saturated carbocycles. The Morgan fingerprint density at radius 2 is 2.23 bits per heavy atom. The SMILES string of the molecule is Cc1ccc(F)cc1C(=O)N1CCN(C)[C@H](c2ncc[nH]2)C1. The number of rotatable bonds is 2. The molecular formula is C16H19FN4O. The summed E-state index contributed by atoms with van der Waals surface area (Å²) < 4.78 is 13.4. The van der Waals surface area contributed by atoms with Crippen molar-refractivity contribution in [3.63, 3.8) is 0 Å².